The first-order chi connectivity index (χ1) is 13.8. The van der Waals surface area contributed by atoms with Gasteiger partial charge < -0.3 is 4.74 Å². The van der Waals surface area contributed by atoms with Gasteiger partial charge in [0.15, 0.2) is 0 Å². The van der Waals surface area contributed by atoms with Crippen LogP contribution in [0.15, 0.2) is 47.5 Å². The number of halogens is 4. The Balaban J connectivity index is 1.90. The molecule has 0 fully saturated rings. The van der Waals surface area contributed by atoms with Gasteiger partial charge in [-0.15, -0.1) is 0 Å². The summed E-state index contributed by atoms with van der Waals surface area (Å²) in [4.78, 5) is 4.55. The van der Waals surface area contributed by atoms with Crippen molar-refractivity contribution in [2.24, 2.45) is 10.9 Å². The number of unbranched alkanes of at least 4 members (excludes halogenated alkanes) is 1. The number of alkyl halides is 3. The van der Waals surface area contributed by atoms with E-state index in [0.29, 0.717) is 17.2 Å². The highest BCUT2D eigenvalue weighted by molar-refractivity contribution is 6.31. The van der Waals surface area contributed by atoms with Crippen molar-refractivity contribution in [1.29, 1.82) is 0 Å². The second kappa shape index (κ2) is 11.2. The molecule has 2 aromatic rings. The summed E-state index contributed by atoms with van der Waals surface area (Å²) in [7, 11) is 0. The minimum atomic E-state index is -4.48. The minimum Gasteiger partial charge on any atom is -0.489 e. The van der Waals surface area contributed by atoms with Crippen molar-refractivity contribution in [3.8, 4) is 5.75 Å². The number of aliphatic imine (C=N–C) groups is 1. The quantitative estimate of drug-likeness (QED) is 0.359. The predicted molar refractivity (Wildman–Crippen MR) is 113 cm³/mol. The number of hydrogen-bond donors (Lipinski definition) is 0. The van der Waals surface area contributed by atoms with E-state index in [-0.39, 0.29) is 11.6 Å². The molecule has 0 amide bonds. The van der Waals surface area contributed by atoms with Crippen LogP contribution in [0.1, 0.15) is 56.2 Å². The maximum atomic E-state index is 12.9. The summed E-state index contributed by atoms with van der Waals surface area (Å²) in [5.74, 6) is 1.20. The SMILES string of the molecule is CCCCC(CC)C/N=C/c1ccc(OCc2ccc(Cl)c(C(F)(F)F)c2)cc1. The zero-order chi connectivity index (χ0) is 21.3. The molecule has 0 bridgehead atoms. The Morgan fingerprint density at radius 1 is 1.10 bits per heavy atom. The molecule has 1 atom stereocenters. The molecular formula is C23H27ClF3NO. The zero-order valence-corrected chi connectivity index (χ0v) is 17.6. The molecule has 0 aromatic heterocycles. The van der Waals surface area contributed by atoms with Crippen molar-refractivity contribution in [1.82, 2.24) is 0 Å². The molecule has 158 valence electrons. The van der Waals surface area contributed by atoms with Gasteiger partial charge in [-0.1, -0.05) is 50.8 Å². The molecule has 29 heavy (non-hydrogen) atoms. The highest BCUT2D eigenvalue weighted by Gasteiger charge is 2.33. The lowest BCUT2D eigenvalue weighted by molar-refractivity contribution is -0.137. The van der Waals surface area contributed by atoms with E-state index >= 15 is 0 Å². The van der Waals surface area contributed by atoms with Crippen LogP contribution in [-0.4, -0.2) is 12.8 Å². The largest absolute Gasteiger partial charge is 0.489 e. The van der Waals surface area contributed by atoms with Gasteiger partial charge in [-0.2, -0.15) is 13.2 Å². The fourth-order valence-corrected chi connectivity index (χ4v) is 3.15. The van der Waals surface area contributed by atoms with Crippen LogP contribution in [0, 0.1) is 5.92 Å². The molecule has 0 N–H and O–H groups in total. The highest BCUT2D eigenvalue weighted by atomic mass is 35.5. The summed E-state index contributed by atoms with van der Waals surface area (Å²) in [5, 5.41) is -0.315. The van der Waals surface area contributed by atoms with Gasteiger partial charge in [-0.3, -0.25) is 4.99 Å². The van der Waals surface area contributed by atoms with E-state index in [1.807, 2.05) is 18.3 Å². The molecule has 0 radical (unpaired) electrons. The van der Waals surface area contributed by atoms with Crippen molar-refractivity contribution in [3.05, 3.63) is 64.2 Å². The van der Waals surface area contributed by atoms with Gasteiger partial charge in [0.05, 0.1) is 10.6 Å². The van der Waals surface area contributed by atoms with E-state index in [2.05, 4.69) is 18.8 Å². The van der Waals surface area contributed by atoms with Gasteiger partial charge in [-0.25, -0.2) is 0 Å². The average molecular weight is 426 g/mol. The Morgan fingerprint density at radius 2 is 1.83 bits per heavy atom. The number of nitrogens with zero attached hydrogens (tertiary/aromatic N) is 1. The summed E-state index contributed by atoms with van der Waals surface area (Å²) in [6.07, 6.45) is 2.14. The normalized spacial score (nSPS) is 13.0. The summed E-state index contributed by atoms with van der Waals surface area (Å²) in [6.45, 7) is 5.25. The van der Waals surface area contributed by atoms with Gasteiger partial charge in [-0.05, 0) is 59.9 Å². The van der Waals surface area contributed by atoms with Crippen molar-refractivity contribution in [3.63, 3.8) is 0 Å². The molecule has 2 nitrogen and oxygen atoms in total. The molecule has 0 spiro atoms. The maximum Gasteiger partial charge on any atom is 0.417 e. The lowest BCUT2D eigenvalue weighted by Gasteiger charge is -2.12. The van der Waals surface area contributed by atoms with E-state index in [1.54, 1.807) is 12.1 Å². The number of benzene rings is 2. The van der Waals surface area contributed by atoms with Crippen LogP contribution in [-0.2, 0) is 12.8 Å². The first-order valence-electron chi connectivity index (χ1n) is 9.91. The second-order valence-electron chi connectivity index (χ2n) is 7.08. The Kier molecular flexibility index (Phi) is 9.02. The van der Waals surface area contributed by atoms with Crippen molar-refractivity contribution in [2.45, 2.75) is 52.3 Å². The summed E-state index contributed by atoms with van der Waals surface area (Å²) in [6, 6.07) is 11.1. The fraction of sp³-hybridized carbons (Fsp3) is 0.435. The Hall–Kier alpha value is -2.01. The fourth-order valence-electron chi connectivity index (χ4n) is 2.92. The van der Waals surface area contributed by atoms with Gasteiger partial charge in [0.1, 0.15) is 12.4 Å². The van der Waals surface area contributed by atoms with E-state index in [1.165, 1.54) is 31.4 Å². The van der Waals surface area contributed by atoms with Crippen LogP contribution in [0.5, 0.6) is 5.75 Å². The third-order valence-electron chi connectivity index (χ3n) is 4.77. The number of ether oxygens (including phenoxy) is 1. The molecule has 0 aliphatic rings. The van der Waals surface area contributed by atoms with Crippen LogP contribution in [0.2, 0.25) is 5.02 Å². The molecule has 2 rings (SSSR count). The van der Waals surface area contributed by atoms with E-state index in [9.17, 15) is 13.2 Å². The third kappa shape index (κ3) is 7.73. The monoisotopic (exact) mass is 425 g/mol. The molecule has 6 heteroatoms. The summed E-state index contributed by atoms with van der Waals surface area (Å²) >= 11 is 5.64. The Bertz CT molecular complexity index is 788. The summed E-state index contributed by atoms with van der Waals surface area (Å²) in [5.41, 5.74) is 0.523. The topological polar surface area (TPSA) is 21.6 Å². The molecule has 0 saturated carbocycles. The van der Waals surface area contributed by atoms with Crippen LogP contribution in [0.3, 0.4) is 0 Å². The molecule has 0 aliphatic carbocycles. The second-order valence-corrected chi connectivity index (χ2v) is 7.49. The maximum absolute atomic E-state index is 12.9. The van der Waals surface area contributed by atoms with Gasteiger partial charge in [0.25, 0.3) is 0 Å². The number of hydrogen-bond acceptors (Lipinski definition) is 2. The molecular weight excluding hydrogens is 399 g/mol. The van der Waals surface area contributed by atoms with Crippen molar-refractivity contribution >= 4 is 17.8 Å². The molecule has 0 heterocycles. The van der Waals surface area contributed by atoms with Crippen molar-refractivity contribution in [2.75, 3.05) is 6.54 Å². The molecule has 0 saturated heterocycles. The molecule has 1 unspecified atom stereocenters. The average Bonchev–Trinajstić information content (AvgIpc) is 2.70. The van der Waals surface area contributed by atoms with Gasteiger partial charge in [0, 0.05) is 12.8 Å². The van der Waals surface area contributed by atoms with E-state index in [4.69, 9.17) is 16.3 Å². The predicted octanol–water partition coefficient (Wildman–Crippen LogP) is 7.57. The van der Waals surface area contributed by atoms with E-state index < -0.39 is 11.7 Å². The van der Waals surface area contributed by atoms with Crippen LogP contribution in [0.25, 0.3) is 0 Å². The zero-order valence-electron chi connectivity index (χ0n) is 16.8. The Morgan fingerprint density at radius 3 is 2.45 bits per heavy atom. The highest BCUT2D eigenvalue weighted by Crippen LogP contribution is 2.35. The van der Waals surface area contributed by atoms with Crippen LogP contribution >= 0.6 is 11.6 Å². The standard InChI is InChI=1S/C23H27ClF3NO/c1-3-5-6-17(4-2)14-28-15-18-7-10-20(11-8-18)29-16-19-9-12-22(24)21(13-19)23(25,26)27/h7-13,15,17H,3-6,14,16H2,1-2H3/b28-15+. The minimum absolute atomic E-state index is 0.0310. The van der Waals surface area contributed by atoms with Gasteiger partial charge in [0.2, 0.25) is 0 Å². The molecule has 0 aliphatic heterocycles. The smallest absolute Gasteiger partial charge is 0.417 e. The first kappa shape index (κ1) is 23.3. The summed E-state index contributed by atoms with van der Waals surface area (Å²) < 4.78 is 44.4. The lowest BCUT2D eigenvalue weighted by Crippen LogP contribution is -2.07. The van der Waals surface area contributed by atoms with E-state index in [0.717, 1.165) is 24.6 Å². The number of rotatable bonds is 10. The Labute approximate surface area is 175 Å². The van der Waals surface area contributed by atoms with Crippen LogP contribution in [0.4, 0.5) is 13.2 Å². The van der Waals surface area contributed by atoms with Crippen molar-refractivity contribution < 1.29 is 17.9 Å². The van der Waals surface area contributed by atoms with Gasteiger partial charge >= 0.3 is 6.18 Å². The molecule has 2 aromatic carbocycles. The third-order valence-corrected chi connectivity index (χ3v) is 5.10. The lowest BCUT2D eigenvalue weighted by atomic mass is 10.00. The first-order valence-corrected chi connectivity index (χ1v) is 10.3. The van der Waals surface area contributed by atoms with Crippen LogP contribution < -0.4 is 4.74 Å².